The van der Waals surface area contributed by atoms with Crippen molar-refractivity contribution < 1.29 is 8.78 Å². The minimum absolute atomic E-state index is 0.0508. The lowest BCUT2D eigenvalue weighted by atomic mass is 10.2. The Labute approximate surface area is 138 Å². The Morgan fingerprint density at radius 1 is 0.952 bits per heavy atom. The van der Waals surface area contributed by atoms with E-state index >= 15 is 0 Å². The lowest BCUT2D eigenvalue weighted by Gasteiger charge is -2.00. The molecule has 0 atom stereocenters. The molecule has 21 heavy (non-hydrogen) atoms. The number of hydrogen-bond acceptors (Lipinski definition) is 2. The molecular weight excluding hydrogens is 385 g/mol. The zero-order valence-corrected chi connectivity index (χ0v) is 13.4. The van der Waals surface area contributed by atoms with Crippen LogP contribution in [-0.4, -0.2) is 10.3 Å². The van der Waals surface area contributed by atoms with E-state index < -0.39 is 11.6 Å². The maximum absolute atomic E-state index is 13.7. The van der Waals surface area contributed by atoms with Gasteiger partial charge in [-0.15, -0.1) is 10.2 Å². The summed E-state index contributed by atoms with van der Waals surface area (Å²) < 4.78 is 27.3. The first-order valence-corrected chi connectivity index (χ1v) is 7.20. The van der Waals surface area contributed by atoms with Crippen LogP contribution in [0.25, 0.3) is 0 Å². The summed E-state index contributed by atoms with van der Waals surface area (Å²) in [6, 6.07) is 9.87. The molecule has 108 valence electrons. The highest BCUT2D eigenvalue weighted by Gasteiger charge is 2.08. The van der Waals surface area contributed by atoms with E-state index in [-0.39, 0.29) is 15.9 Å². The van der Waals surface area contributed by atoms with Crippen LogP contribution in [0, 0.1) is 11.6 Å². The molecule has 2 aromatic rings. The Hall–Kier alpha value is -1.30. The number of benzene rings is 2. The van der Waals surface area contributed by atoms with Crippen molar-refractivity contribution in [2.24, 2.45) is 10.2 Å². The van der Waals surface area contributed by atoms with Crippen molar-refractivity contribution in [2.45, 2.75) is 0 Å². The summed E-state index contributed by atoms with van der Waals surface area (Å²) in [4.78, 5) is 0. The molecule has 0 amide bonds. The molecule has 0 bridgehead atoms. The molecule has 2 aromatic carbocycles. The Morgan fingerprint density at radius 3 is 2.33 bits per heavy atom. The average Bonchev–Trinajstić information content (AvgIpc) is 2.44. The fourth-order valence-corrected chi connectivity index (χ4v) is 2.15. The van der Waals surface area contributed by atoms with Crippen LogP contribution in [-0.2, 0) is 0 Å². The van der Waals surface area contributed by atoms with Crippen LogP contribution in [0.2, 0.25) is 0 Å². The molecule has 0 radical (unpaired) electrons. The molecule has 0 aliphatic heterocycles. The second-order valence-corrected chi connectivity index (χ2v) is 5.55. The number of nitrogens with zero attached hydrogens (tertiary/aromatic N) is 2. The minimum Gasteiger partial charge on any atom is -0.207 e. The SMILES string of the molecule is Fc1cccc(/C(Cl)=N/N=C(\Cl)c2ccc(Br)cc2F)c1. The van der Waals surface area contributed by atoms with E-state index in [1.165, 1.54) is 30.3 Å². The summed E-state index contributed by atoms with van der Waals surface area (Å²) in [7, 11) is 0. The molecule has 0 N–H and O–H groups in total. The van der Waals surface area contributed by atoms with Crippen molar-refractivity contribution in [1.29, 1.82) is 0 Å². The Bertz CT molecular complexity index is 733. The van der Waals surface area contributed by atoms with Crippen molar-refractivity contribution in [2.75, 3.05) is 0 Å². The third kappa shape index (κ3) is 4.33. The zero-order valence-electron chi connectivity index (χ0n) is 10.3. The minimum atomic E-state index is -0.546. The van der Waals surface area contributed by atoms with Crippen molar-refractivity contribution >= 4 is 49.5 Å². The van der Waals surface area contributed by atoms with Gasteiger partial charge in [0.15, 0.2) is 10.3 Å². The van der Waals surface area contributed by atoms with Gasteiger partial charge < -0.3 is 0 Å². The predicted molar refractivity (Wildman–Crippen MR) is 85.3 cm³/mol. The number of rotatable bonds is 3. The van der Waals surface area contributed by atoms with E-state index in [1.54, 1.807) is 12.1 Å². The molecule has 7 heteroatoms. The summed E-state index contributed by atoms with van der Waals surface area (Å²) in [6.07, 6.45) is 0. The first-order valence-electron chi connectivity index (χ1n) is 5.65. The Morgan fingerprint density at radius 2 is 1.67 bits per heavy atom. The van der Waals surface area contributed by atoms with Gasteiger partial charge in [-0.2, -0.15) is 0 Å². The van der Waals surface area contributed by atoms with E-state index in [0.717, 1.165) is 0 Å². The van der Waals surface area contributed by atoms with Gasteiger partial charge in [-0.1, -0.05) is 51.3 Å². The van der Waals surface area contributed by atoms with E-state index in [4.69, 9.17) is 23.2 Å². The third-order valence-corrected chi connectivity index (χ3v) is 3.51. The molecule has 0 saturated carbocycles. The molecule has 2 nitrogen and oxygen atoms in total. The number of halogens is 5. The molecule has 0 unspecified atom stereocenters. The van der Waals surface area contributed by atoms with Gasteiger partial charge in [0.05, 0.1) is 0 Å². The maximum Gasteiger partial charge on any atom is 0.161 e. The van der Waals surface area contributed by atoms with Gasteiger partial charge >= 0.3 is 0 Å². The predicted octanol–water partition coefficient (Wildman–Crippen LogP) is 5.31. The smallest absolute Gasteiger partial charge is 0.161 e. The van der Waals surface area contributed by atoms with Crippen LogP contribution in [0.3, 0.4) is 0 Å². The van der Waals surface area contributed by atoms with Gasteiger partial charge in [0.2, 0.25) is 0 Å². The van der Waals surface area contributed by atoms with Crippen molar-refractivity contribution in [3.8, 4) is 0 Å². The molecule has 0 aliphatic carbocycles. The van der Waals surface area contributed by atoms with Gasteiger partial charge in [-0.25, -0.2) is 8.78 Å². The molecule has 2 rings (SSSR count). The van der Waals surface area contributed by atoms with Gasteiger partial charge in [0.25, 0.3) is 0 Å². The third-order valence-electron chi connectivity index (χ3n) is 2.44. The summed E-state index contributed by atoms with van der Waals surface area (Å²) in [6.45, 7) is 0. The quantitative estimate of drug-likeness (QED) is 0.500. The first kappa shape index (κ1) is 16.1. The fourth-order valence-electron chi connectivity index (χ4n) is 1.47. The highest BCUT2D eigenvalue weighted by molar-refractivity contribution is 9.10. The molecule has 0 heterocycles. The summed E-state index contributed by atoms with van der Waals surface area (Å²) in [5.41, 5.74) is 0.438. The van der Waals surface area contributed by atoms with Gasteiger partial charge in [-0.05, 0) is 30.3 Å². The fraction of sp³-hybridized carbons (Fsp3) is 0. The molecule has 0 spiro atoms. The van der Waals surface area contributed by atoms with Crippen LogP contribution in [0.5, 0.6) is 0 Å². The van der Waals surface area contributed by atoms with Crippen LogP contribution >= 0.6 is 39.1 Å². The molecule has 0 fully saturated rings. The second kappa shape index (κ2) is 7.11. The van der Waals surface area contributed by atoms with Crippen molar-refractivity contribution in [3.63, 3.8) is 0 Å². The summed E-state index contributed by atoms with van der Waals surface area (Å²) >= 11 is 14.9. The van der Waals surface area contributed by atoms with Crippen LogP contribution in [0.1, 0.15) is 11.1 Å². The topological polar surface area (TPSA) is 24.7 Å². The monoisotopic (exact) mass is 390 g/mol. The molecule has 0 aromatic heterocycles. The number of hydrogen-bond donors (Lipinski definition) is 0. The van der Waals surface area contributed by atoms with E-state index in [0.29, 0.717) is 10.0 Å². The highest BCUT2D eigenvalue weighted by atomic mass is 79.9. The van der Waals surface area contributed by atoms with E-state index in [2.05, 4.69) is 26.1 Å². The zero-order chi connectivity index (χ0) is 15.4. The van der Waals surface area contributed by atoms with Crippen molar-refractivity contribution in [1.82, 2.24) is 0 Å². The van der Waals surface area contributed by atoms with Crippen LogP contribution in [0.4, 0.5) is 8.78 Å². The summed E-state index contributed by atoms with van der Waals surface area (Å²) in [5.74, 6) is -0.995. The molecule has 0 saturated heterocycles. The normalized spacial score (nSPS) is 12.6. The summed E-state index contributed by atoms with van der Waals surface area (Å²) in [5, 5.41) is 7.11. The lowest BCUT2D eigenvalue weighted by molar-refractivity contribution is 0.624. The maximum atomic E-state index is 13.7. The van der Waals surface area contributed by atoms with Gasteiger partial charge in [0, 0.05) is 15.6 Å². The largest absolute Gasteiger partial charge is 0.207 e. The van der Waals surface area contributed by atoms with Gasteiger partial charge in [0.1, 0.15) is 11.6 Å². The van der Waals surface area contributed by atoms with Crippen LogP contribution in [0.15, 0.2) is 57.1 Å². The highest BCUT2D eigenvalue weighted by Crippen LogP contribution is 2.18. The Balaban J connectivity index is 2.28. The van der Waals surface area contributed by atoms with E-state index in [1.807, 2.05) is 0 Å². The second-order valence-electron chi connectivity index (χ2n) is 3.92. The van der Waals surface area contributed by atoms with Crippen molar-refractivity contribution in [3.05, 3.63) is 69.7 Å². The Kier molecular flexibility index (Phi) is 5.45. The van der Waals surface area contributed by atoms with E-state index in [9.17, 15) is 8.78 Å². The molecule has 0 aliphatic rings. The van der Waals surface area contributed by atoms with Gasteiger partial charge in [-0.3, -0.25) is 0 Å². The molecular formula is C14H7BrCl2F2N2. The van der Waals surface area contributed by atoms with Crippen LogP contribution < -0.4 is 0 Å². The first-order chi connectivity index (χ1) is 9.97. The average molecular weight is 392 g/mol. The standard InChI is InChI=1S/C14H7BrCl2F2N2/c15-9-4-5-11(12(19)7-9)14(17)21-20-13(16)8-2-1-3-10(18)6-8/h1-7H/b20-13-,21-14-. The lowest BCUT2D eigenvalue weighted by Crippen LogP contribution is -1.97.